The lowest BCUT2D eigenvalue weighted by molar-refractivity contribution is 0.00272. The summed E-state index contributed by atoms with van der Waals surface area (Å²) in [5.74, 6) is 1.34. The second-order valence-corrected chi connectivity index (χ2v) is 5.54. The van der Waals surface area contributed by atoms with Crippen molar-refractivity contribution in [3.8, 4) is 0 Å². The Morgan fingerprint density at radius 1 is 1.36 bits per heavy atom. The van der Waals surface area contributed by atoms with Crippen LogP contribution >= 0.6 is 11.8 Å². The van der Waals surface area contributed by atoms with Crippen molar-refractivity contribution in [3.63, 3.8) is 0 Å². The van der Waals surface area contributed by atoms with E-state index in [1.165, 1.54) is 18.6 Å². The average Bonchev–Trinajstić information content (AvgIpc) is 2.23. The number of hydrogen-bond acceptors (Lipinski definition) is 4. The molecule has 0 radical (unpaired) electrons. The Morgan fingerprint density at radius 3 is 2.86 bits per heavy atom. The highest BCUT2D eigenvalue weighted by molar-refractivity contribution is 7.99. The van der Waals surface area contributed by atoms with Crippen LogP contribution in [-0.4, -0.2) is 48.4 Å². The van der Waals surface area contributed by atoms with Crippen LogP contribution in [0.2, 0.25) is 0 Å². The molecule has 0 amide bonds. The maximum absolute atomic E-state index is 5.33. The van der Waals surface area contributed by atoms with Crippen molar-refractivity contribution in [2.75, 3.05) is 32.1 Å². The van der Waals surface area contributed by atoms with Crippen LogP contribution in [0.4, 0.5) is 0 Å². The van der Waals surface area contributed by atoms with E-state index in [4.69, 9.17) is 4.74 Å². The Hall–Kier alpha value is 0.230. The molecule has 2 unspecified atom stereocenters. The van der Waals surface area contributed by atoms with Crippen molar-refractivity contribution in [1.29, 1.82) is 0 Å². The quantitative estimate of drug-likeness (QED) is 0.747. The van der Waals surface area contributed by atoms with Gasteiger partial charge in [-0.05, 0) is 18.6 Å². The first-order chi connectivity index (χ1) is 6.86. The smallest absolute Gasteiger partial charge is 0.0608 e. The molecular weight excluding hydrogens is 196 g/mol. The molecule has 0 spiro atoms. The molecule has 2 aliphatic rings. The first kappa shape index (κ1) is 10.7. The zero-order chi connectivity index (χ0) is 9.80. The lowest BCUT2D eigenvalue weighted by atomic mass is 10.1. The van der Waals surface area contributed by atoms with E-state index < -0.39 is 0 Å². The lowest BCUT2D eigenvalue weighted by Gasteiger charge is -2.36. The number of nitrogens with one attached hydrogen (secondary N) is 1. The van der Waals surface area contributed by atoms with Gasteiger partial charge in [0, 0.05) is 24.4 Å². The van der Waals surface area contributed by atoms with Gasteiger partial charge in [0.2, 0.25) is 0 Å². The van der Waals surface area contributed by atoms with Crippen molar-refractivity contribution in [2.45, 2.75) is 31.1 Å². The summed E-state index contributed by atoms with van der Waals surface area (Å²) < 4.78 is 5.33. The zero-order valence-electron chi connectivity index (χ0n) is 8.87. The first-order valence-corrected chi connectivity index (χ1v) is 6.61. The highest BCUT2D eigenvalue weighted by Crippen LogP contribution is 2.25. The third-order valence-electron chi connectivity index (χ3n) is 2.97. The van der Waals surface area contributed by atoms with Crippen LogP contribution in [-0.2, 0) is 4.74 Å². The Balaban J connectivity index is 1.76. The van der Waals surface area contributed by atoms with Crippen molar-refractivity contribution in [3.05, 3.63) is 0 Å². The number of ether oxygens (including phenoxy) is 1. The minimum atomic E-state index is 0.673. The molecule has 0 aliphatic carbocycles. The number of hydrazine groups is 1. The van der Waals surface area contributed by atoms with Gasteiger partial charge in [0.05, 0.1) is 13.2 Å². The van der Waals surface area contributed by atoms with Crippen LogP contribution in [0.3, 0.4) is 0 Å². The Kier molecular flexibility index (Phi) is 4.10. The third-order valence-corrected chi connectivity index (χ3v) is 4.35. The predicted molar refractivity (Wildman–Crippen MR) is 60.5 cm³/mol. The molecule has 14 heavy (non-hydrogen) atoms. The van der Waals surface area contributed by atoms with Crippen molar-refractivity contribution in [1.82, 2.24) is 10.4 Å². The van der Waals surface area contributed by atoms with Crippen LogP contribution in [0.25, 0.3) is 0 Å². The number of thioether (sulfide) groups is 1. The van der Waals surface area contributed by atoms with Gasteiger partial charge in [-0.15, -0.1) is 0 Å². The first-order valence-electron chi connectivity index (χ1n) is 5.57. The van der Waals surface area contributed by atoms with Crippen LogP contribution in [0, 0.1) is 0 Å². The van der Waals surface area contributed by atoms with E-state index in [1.807, 2.05) is 0 Å². The van der Waals surface area contributed by atoms with Crippen LogP contribution in [0.15, 0.2) is 0 Å². The van der Waals surface area contributed by atoms with Gasteiger partial charge in [-0.2, -0.15) is 11.8 Å². The summed E-state index contributed by atoms with van der Waals surface area (Å²) in [6.07, 6.45) is 2.68. The number of hydrogen-bond donors (Lipinski definition) is 1. The summed E-state index contributed by atoms with van der Waals surface area (Å²) >= 11 is 2.09. The summed E-state index contributed by atoms with van der Waals surface area (Å²) in [5, 5.41) is 3.09. The van der Waals surface area contributed by atoms with E-state index in [-0.39, 0.29) is 0 Å². The highest BCUT2D eigenvalue weighted by atomic mass is 32.2. The van der Waals surface area contributed by atoms with Gasteiger partial charge in [-0.3, -0.25) is 5.43 Å². The van der Waals surface area contributed by atoms with E-state index in [9.17, 15) is 0 Å². The molecular formula is C10H20N2OS. The summed E-state index contributed by atoms with van der Waals surface area (Å²) in [6.45, 7) is 6.16. The Labute approximate surface area is 90.5 Å². The minimum Gasteiger partial charge on any atom is -0.379 e. The molecule has 0 aromatic heterocycles. The normalized spacial score (nSPS) is 35.8. The van der Waals surface area contributed by atoms with E-state index in [0.29, 0.717) is 6.04 Å². The van der Waals surface area contributed by atoms with Crippen LogP contribution in [0.1, 0.15) is 19.8 Å². The fourth-order valence-corrected chi connectivity index (χ4v) is 3.15. The molecule has 0 aromatic carbocycles. The van der Waals surface area contributed by atoms with E-state index >= 15 is 0 Å². The minimum absolute atomic E-state index is 0.673. The highest BCUT2D eigenvalue weighted by Gasteiger charge is 2.24. The van der Waals surface area contributed by atoms with Gasteiger partial charge in [0.1, 0.15) is 0 Å². The van der Waals surface area contributed by atoms with Gasteiger partial charge in [-0.1, -0.05) is 6.92 Å². The van der Waals surface area contributed by atoms with Crippen molar-refractivity contribution < 1.29 is 4.74 Å². The third kappa shape index (κ3) is 2.86. The fraction of sp³-hybridized carbons (Fsp3) is 1.00. The topological polar surface area (TPSA) is 24.5 Å². The largest absolute Gasteiger partial charge is 0.379 e. The summed E-state index contributed by atoms with van der Waals surface area (Å²) in [4.78, 5) is 0. The maximum atomic E-state index is 5.33. The Morgan fingerprint density at radius 2 is 2.14 bits per heavy atom. The molecule has 2 aliphatic heterocycles. The van der Waals surface area contributed by atoms with Crippen molar-refractivity contribution >= 4 is 11.8 Å². The molecule has 2 rings (SSSR count). The van der Waals surface area contributed by atoms with Crippen molar-refractivity contribution in [2.24, 2.45) is 0 Å². The molecule has 0 bridgehead atoms. The Bertz CT molecular complexity index is 174. The predicted octanol–water partition coefficient (Wildman–Crippen LogP) is 1.11. The number of morpholine rings is 1. The molecule has 3 nitrogen and oxygen atoms in total. The standard InChI is InChI=1S/C10H20N2OS/c1-9-10(3-2-8-14-9)11-12-4-6-13-7-5-12/h9-11H,2-8H2,1H3. The maximum Gasteiger partial charge on any atom is 0.0608 e. The van der Waals surface area contributed by atoms with Crippen LogP contribution < -0.4 is 5.43 Å². The van der Waals surface area contributed by atoms with Gasteiger partial charge >= 0.3 is 0 Å². The monoisotopic (exact) mass is 216 g/mol. The fourth-order valence-electron chi connectivity index (χ4n) is 2.02. The van der Waals surface area contributed by atoms with Gasteiger partial charge < -0.3 is 4.74 Å². The molecule has 4 heteroatoms. The van der Waals surface area contributed by atoms with Gasteiger partial charge in [-0.25, -0.2) is 5.01 Å². The second-order valence-electron chi connectivity index (χ2n) is 4.05. The van der Waals surface area contributed by atoms with Gasteiger partial charge in [0.25, 0.3) is 0 Å². The molecule has 2 saturated heterocycles. The molecule has 2 heterocycles. The lowest BCUT2D eigenvalue weighted by Crippen LogP contribution is -2.53. The SMILES string of the molecule is CC1SCCCC1NN1CCOCC1. The van der Waals surface area contributed by atoms with E-state index in [2.05, 4.69) is 29.1 Å². The van der Waals surface area contributed by atoms with E-state index in [1.54, 1.807) is 0 Å². The zero-order valence-corrected chi connectivity index (χ0v) is 9.68. The van der Waals surface area contributed by atoms with Crippen LogP contribution in [0.5, 0.6) is 0 Å². The average molecular weight is 216 g/mol. The summed E-state index contributed by atoms with van der Waals surface area (Å²) in [7, 11) is 0. The second kappa shape index (κ2) is 5.35. The molecule has 1 N–H and O–H groups in total. The number of rotatable bonds is 2. The summed E-state index contributed by atoms with van der Waals surface area (Å²) in [6, 6.07) is 0.673. The molecule has 2 atom stereocenters. The van der Waals surface area contributed by atoms with Gasteiger partial charge in [0.15, 0.2) is 0 Å². The van der Waals surface area contributed by atoms with E-state index in [0.717, 1.165) is 31.6 Å². The molecule has 2 fully saturated rings. The molecule has 0 aromatic rings. The summed E-state index contributed by atoms with van der Waals surface area (Å²) in [5.41, 5.74) is 3.64. The molecule has 82 valence electrons. The molecule has 0 saturated carbocycles. The number of nitrogens with zero attached hydrogens (tertiary/aromatic N) is 1.